The van der Waals surface area contributed by atoms with E-state index < -0.39 is 40.8 Å². The molecule has 0 spiro atoms. The van der Waals surface area contributed by atoms with Crippen LogP contribution in [0.15, 0.2) is 83.5 Å². The van der Waals surface area contributed by atoms with Gasteiger partial charge < -0.3 is 20.4 Å². The zero-order chi connectivity index (χ0) is 31.8. The lowest BCUT2D eigenvalue weighted by atomic mass is 9.51. The molecule has 0 aliphatic carbocycles. The van der Waals surface area contributed by atoms with Crippen LogP contribution in [0.25, 0.3) is 11.0 Å². The number of likely N-dealkylation sites (tertiary alicyclic amines) is 1. The number of carboxylic acids is 2. The van der Waals surface area contributed by atoms with E-state index in [1.165, 1.54) is 11.1 Å². The van der Waals surface area contributed by atoms with Crippen molar-refractivity contribution >= 4 is 23.0 Å². The summed E-state index contributed by atoms with van der Waals surface area (Å²) >= 11 is 0. The number of nitrogens with zero attached hydrogens (tertiary/aromatic N) is 3. The third-order valence-corrected chi connectivity index (χ3v) is 11.2. The van der Waals surface area contributed by atoms with Crippen molar-refractivity contribution in [2.75, 3.05) is 19.6 Å². The van der Waals surface area contributed by atoms with Crippen LogP contribution >= 0.6 is 0 Å². The highest BCUT2D eigenvalue weighted by molar-refractivity contribution is 5.87. The molecule has 2 aliphatic rings. The van der Waals surface area contributed by atoms with Crippen LogP contribution in [0, 0.1) is 10.8 Å². The van der Waals surface area contributed by atoms with Gasteiger partial charge in [0.05, 0.1) is 10.8 Å². The summed E-state index contributed by atoms with van der Waals surface area (Å²) in [6.07, 6.45) is 2.83. The fraction of sp³-hybridized carbons (Fsp3) is 0.444. The van der Waals surface area contributed by atoms with Gasteiger partial charge >= 0.3 is 11.9 Å². The maximum absolute atomic E-state index is 13.5. The maximum Gasteiger partial charge on any atom is 0.311 e. The molecule has 2 fully saturated rings. The van der Waals surface area contributed by atoms with E-state index in [1.54, 1.807) is 25.1 Å². The first kappa shape index (κ1) is 30.9. The molecule has 0 saturated carbocycles. The number of carboxylic acid groups (broad SMARTS) is 2. The minimum absolute atomic E-state index is 0.0715. The summed E-state index contributed by atoms with van der Waals surface area (Å²) < 4.78 is 5.03. The van der Waals surface area contributed by atoms with E-state index in [4.69, 9.17) is 4.63 Å². The SMILES string of the molecule is CC1NC(C)C(CCCN2CCC(c3ccccc3)(c3ccccc3)CC2)(C(=O)O)C(c2cccc3nonc23)C1(C)C(=O)O. The van der Waals surface area contributed by atoms with Gasteiger partial charge in [0.15, 0.2) is 0 Å². The predicted octanol–water partition coefficient (Wildman–Crippen LogP) is 5.71. The lowest BCUT2D eigenvalue weighted by Gasteiger charge is -2.56. The van der Waals surface area contributed by atoms with Crippen LogP contribution in [0.3, 0.4) is 0 Å². The number of piperidine rings is 2. The molecule has 5 atom stereocenters. The van der Waals surface area contributed by atoms with E-state index in [-0.39, 0.29) is 5.41 Å². The Kier molecular flexibility index (Phi) is 8.26. The predicted molar refractivity (Wildman–Crippen MR) is 171 cm³/mol. The summed E-state index contributed by atoms with van der Waals surface area (Å²) in [5.74, 6) is -2.94. The Balaban J connectivity index is 1.28. The van der Waals surface area contributed by atoms with Gasteiger partial charge in [-0.3, -0.25) is 9.59 Å². The fourth-order valence-electron chi connectivity index (χ4n) is 8.49. The Bertz CT molecular complexity index is 1610. The Hall–Kier alpha value is -4.08. The first-order valence-corrected chi connectivity index (χ1v) is 15.9. The lowest BCUT2D eigenvalue weighted by molar-refractivity contribution is -0.171. The molecule has 4 aromatic rings. The van der Waals surface area contributed by atoms with Gasteiger partial charge in [-0.15, -0.1) is 0 Å². The zero-order valence-corrected chi connectivity index (χ0v) is 26.1. The first-order chi connectivity index (χ1) is 21.6. The number of fused-ring (bicyclic) bond motifs is 1. The van der Waals surface area contributed by atoms with Crippen molar-refractivity contribution in [3.8, 4) is 0 Å². The fourth-order valence-corrected chi connectivity index (χ4v) is 8.49. The highest BCUT2D eigenvalue weighted by Crippen LogP contribution is 2.58. The minimum atomic E-state index is -1.44. The smallest absolute Gasteiger partial charge is 0.311 e. The molecule has 0 bridgehead atoms. The van der Waals surface area contributed by atoms with Gasteiger partial charge in [-0.25, -0.2) is 4.63 Å². The van der Waals surface area contributed by atoms with Crippen LogP contribution in [0.5, 0.6) is 0 Å². The van der Waals surface area contributed by atoms with Gasteiger partial charge in [-0.2, -0.15) is 0 Å². The van der Waals surface area contributed by atoms with Crippen LogP contribution in [0.4, 0.5) is 0 Å². The molecule has 1 aromatic heterocycles. The van der Waals surface area contributed by atoms with Crippen molar-refractivity contribution in [1.82, 2.24) is 20.5 Å². The summed E-state index contributed by atoms with van der Waals surface area (Å²) in [5.41, 5.74) is 1.17. The van der Waals surface area contributed by atoms with Gasteiger partial charge in [0.25, 0.3) is 0 Å². The number of nitrogens with one attached hydrogen (secondary N) is 1. The highest BCUT2D eigenvalue weighted by Gasteiger charge is 2.65. The van der Waals surface area contributed by atoms with Gasteiger partial charge in [0.2, 0.25) is 0 Å². The van der Waals surface area contributed by atoms with Crippen LogP contribution in [0.1, 0.15) is 69.1 Å². The Morgan fingerprint density at radius 1 is 0.867 bits per heavy atom. The second kappa shape index (κ2) is 12.0. The second-order valence-electron chi connectivity index (χ2n) is 13.2. The van der Waals surface area contributed by atoms with E-state index in [2.05, 4.69) is 81.2 Å². The summed E-state index contributed by atoms with van der Waals surface area (Å²) in [5, 5.41) is 33.2. The number of hydrogen-bond acceptors (Lipinski definition) is 7. The largest absolute Gasteiger partial charge is 0.481 e. The summed E-state index contributed by atoms with van der Waals surface area (Å²) in [6.45, 7) is 7.84. The average molecular weight is 611 g/mol. The number of rotatable bonds is 9. The zero-order valence-electron chi connectivity index (χ0n) is 26.1. The third kappa shape index (κ3) is 5.02. The molecule has 3 aromatic carbocycles. The molecule has 45 heavy (non-hydrogen) atoms. The second-order valence-corrected chi connectivity index (χ2v) is 13.2. The quantitative estimate of drug-likeness (QED) is 0.218. The van der Waals surface area contributed by atoms with Crippen molar-refractivity contribution in [3.05, 3.63) is 95.6 Å². The molecular formula is C36H42N4O5. The standard InChI is InChI=1S/C36H42N4O5/c1-24-34(3,32(41)42)31(28-16-10-17-29-30(28)39-45-38-29)36(33(43)44,25(2)37-24)18-11-21-40-22-19-35(20-23-40,26-12-6-4-7-13-26)27-14-8-5-9-15-27/h4-10,12-17,24-25,31,37H,11,18-23H2,1-3H3,(H,41,42)(H,43,44). The molecule has 3 N–H and O–H groups in total. The van der Waals surface area contributed by atoms with Crippen molar-refractivity contribution in [1.29, 1.82) is 0 Å². The van der Waals surface area contributed by atoms with Gasteiger partial charge in [0, 0.05) is 23.4 Å². The Morgan fingerprint density at radius 2 is 1.49 bits per heavy atom. The molecule has 236 valence electrons. The number of benzene rings is 3. The molecule has 5 unspecified atom stereocenters. The average Bonchev–Trinajstić information content (AvgIpc) is 3.54. The highest BCUT2D eigenvalue weighted by atomic mass is 16.6. The normalized spacial score (nSPS) is 28.6. The molecule has 0 amide bonds. The van der Waals surface area contributed by atoms with E-state index in [9.17, 15) is 19.8 Å². The molecule has 9 heteroatoms. The Labute approximate surface area is 263 Å². The number of carbonyl (C=O) groups is 2. The van der Waals surface area contributed by atoms with Gasteiger partial charge in [0.1, 0.15) is 11.0 Å². The first-order valence-electron chi connectivity index (χ1n) is 15.9. The molecule has 6 rings (SSSR count). The monoisotopic (exact) mass is 610 g/mol. The van der Waals surface area contributed by atoms with Crippen molar-refractivity contribution in [2.24, 2.45) is 10.8 Å². The maximum atomic E-state index is 13.5. The molecule has 2 aliphatic heterocycles. The summed E-state index contributed by atoms with van der Waals surface area (Å²) in [6, 6.07) is 25.7. The van der Waals surface area contributed by atoms with Crippen molar-refractivity contribution < 1.29 is 24.4 Å². The molecule has 3 heterocycles. The molecular weight excluding hydrogens is 568 g/mol. The minimum Gasteiger partial charge on any atom is -0.481 e. The van der Waals surface area contributed by atoms with Crippen LogP contribution < -0.4 is 5.32 Å². The Morgan fingerprint density at radius 3 is 2.07 bits per heavy atom. The van der Waals surface area contributed by atoms with E-state index in [0.29, 0.717) is 29.4 Å². The van der Waals surface area contributed by atoms with Gasteiger partial charge in [-0.1, -0.05) is 72.8 Å². The number of aromatic nitrogens is 2. The summed E-state index contributed by atoms with van der Waals surface area (Å²) in [7, 11) is 0. The van der Waals surface area contributed by atoms with E-state index in [0.717, 1.165) is 32.5 Å². The molecule has 9 nitrogen and oxygen atoms in total. The number of aliphatic carboxylic acids is 2. The van der Waals surface area contributed by atoms with Crippen LogP contribution in [-0.2, 0) is 15.0 Å². The number of hydrogen-bond donors (Lipinski definition) is 3. The van der Waals surface area contributed by atoms with Crippen molar-refractivity contribution in [3.63, 3.8) is 0 Å². The summed E-state index contributed by atoms with van der Waals surface area (Å²) in [4.78, 5) is 29.0. The molecule has 0 radical (unpaired) electrons. The lowest BCUT2D eigenvalue weighted by Crippen LogP contribution is -2.68. The van der Waals surface area contributed by atoms with Crippen LogP contribution in [0.2, 0.25) is 0 Å². The van der Waals surface area contributed by atoms with Crippen LogP contribution in [-0.4, -0.2) is 69.1 Å². The topological polar surface area (TPSA) is 129 Å². The van der Waals surface area contributed by atoms with E-state index in [1.807, 2.05) is 13.8 Å². The van der Waals surface area contributed by atoms with Gasteiger partial charge in [-0.05, 0) is 99.2 Å². The molecule has 2 saturated heterocycles. The van der Waals surface area contributed by atoms with Crippen molar-refractivity contribution in [2.45, 2.75) is 69.9 Å². The third-order valence-electron chi connectivity index (χ3n) is 11.2. The van der Waals surface area contributed by atoms with E-state index >= 15 is 0 Å².